The lowest BCUT2D eigenvalue weighted by Crippen LogP contribution is -2.83. The number of ether oxygens (including phenoxy) is 1. The van der Waals surface area contributed by atoms with Crippen molar-refractivity contribution in [1.82, 2.24) is 4.57 Å². The first-order valence-electron chi connectivity index (χ1n) is 7.86. The summed E-state index contributed by atoms with van der Waals surface area (Å²) in [6, 6.07) is 19.5. The van der Waals surface area contributed by atoms with Gasteiger partial charge in [-0.05, 0) is 42.5 Å². The third-order valence-electron chi connectivity index (χ3n) is 4.39. The van der Waals surface area contributed by atoms with Crippen LogP contribution in [0.2, 0.25) is 0 Å². The minimum atomic E-state index is -2.80. The maximum Gasteiger partial charge on any atom is 0.387 e. The highest BCUT2D eigenvalue weighted by molar-refractivity contribution is 5.45. The van der Waals surface area contributed by atoms with Crippen LogP contribution in [0, 0.1) is 0 Å². The van der Waals surface area contributed by atoms with Crippen LogP contribution in [-0.4, -0.2) is 11.2 Å². The number of nitrogens with zero attached hydrogens (tertiary/aromatic N) is 1. The van der Waals surface area contributed by atoms with E-state index in [1.807, 2.05) is 30.3 Å². The molecule has 0 spiro atoms. The van der Waals surface area contributed by atoms with Gasteiger partial charge in [0, 0.05) is 17.3 Å². The number of alkyl halides is 2. The second-order valence-corrected chi connectivity index (χ2v) is 5.80. The molecule has 2 N–H and O–H groups in total. The molecule has 122 valence electrons. The number of hydrogen-bond acceptors (Lipinski definition) is 1. The Balaban J connectivity index is 1.71. The van der Waals surface area contributed by atoms with Crippen LogP contribution in [-0.2, 0) is 6.54 Å². The molecule has 1 atom stereocenters. The molecule has 1 aromatic heterocycles. The lowest BCUT2D eigenvalue weighted by Gasteiger charge is -2.15. The molecule has 2 heterocycles. The van der Waals surface area contributed by atoms with Crippen molar-refractivity contribution in [1.29, 1.82) is 0 Å². The molecule has 0 fully saturated rings. The van der Waals surface area contributed by atoms with E-state index in [4.69, 9.17) is 0 Å². The van der Waals surface area contributed by atoms with Gasteiger partial charge in [-0.15, -0.1) is 0 Å². The Morgan fingerprint density at radius 3 is 2.58 bits per heavy atom. The molecule has 0 amide bonds. The van der Waals surface area contributed by atoms with E-state index in [9.17, 15) is 8.78 Å². The normalized spacial score (nSPS) is 16.4. The predicted octanol–water partition coefficient (Wildman–Crippen LogP) is 3.25. The van der Waals surface area contributed by atoms with Gasteiger partial charge in [0.1, 0.15) is 12.3 Å². The number of aromatic nitrogens is 1. The van der Waals surface area contributed by atoms with E-state index in [-0.39, 0.29) is 11.8 Å². The van der Waals surface area contributed by atoms with Crippen molar-refractivity contribution in [2.45, 2.75) is 19.2 Å². The Bertz CT molecular complexity index is 843. The zero-order valence-electron chi connectivity index (χ0n) is 12.9. The Morgan fingerprint density at radius 2 is 1.79 bits per heavy atom. The largest absolute Gasteiger partial charge is 0.435 e. The molecule has 5 heteroatoms. The van der Waals surface area contributed by atoms with Crippen LogP contribution in [0.15, 0.2) is 66.9 Å². The van der Waals surface area contributed by atoms with Crippen molar-refractivity contribution >= 4 is 0 Å². The zero-order valence-corrected chi connectivity index (χ0v) is 12.9. The molecule has 24 heavy (non-hydrogen) atoms. The maximum absolute atomic E-state index is 12.3. The van der Waals surface area contributed by atoms with E-state index >= 15 is 0 Å². The quantitative estimate of drug-likeness (QED) is 0.786. The van der Waals surface area contributed by atoms with E-state index < -0.39 is 6.61 Å². The van der Waals surface area contributed by atoms with E-state index in [1.165, 1.54) is 16.9 Å². The first-order chi connectivity index (χ1) is 11.7. The monoisotopic (exact) mass is 327 g/mol. The van der Waals surface area contributed by atoms with Gasteiger partial charge in [-0.3, -0.25) is 0 Å². The number of benzene rings is 2. The van der Waals surface area contributed by atoms with E-state index in [0.717, 1.165) is 12.1 Å². The molecule has 2 aromatic carbocycles. The number of rotatable bonds is 3. The van der Waals surface area contributed by atoms with Crippen molar-refractivity contribution in [2.24, 2.45) is 0 Å². The molecule has 3 nitrogen and oxygen atoms in total. The molecule has 3 aromatic rings. The third kappa shape index (κ3) is 2.67. The molecule has 0 bridgehead atoms. The van der Waals surface area contributed by atoms with Gasteiger partial charge in [0.25, 0.3) is 0 Å². The minimum absolute atomic E-state index is 0.105. The summed E-state index contributed by atoms with van der Waals surface area (Å²) in [7, 11) is 0. The lowest BCUT2D eigenvalue weighted by atomic mass is 10.0. The van der Waals surface area contributed by atoms with Crippen molar-refractivity contribution in [3.05, 3.63) is 83.7 Å². The smallest absolute Gasteiger partial charge is 0.387 e. The van der Waals surface area contributed by atoms with Crippen LogP contribution in [0.3, 0.4) is 0 Å². The van der Waals surface area contributed by atoms with Crippen LogP contribution < -0.4 is 10.1 Å². The number of fused-ring (bicyclic) bond motifs is 3. The summed E-state index contributed by atoms with van der Waals surface area (Å²) in [5, 5.41) is 2.26. The van der Waals surface area contributed by atoms with E-state index in [0.29, 0.717) is 0 Å². The fourth-order valence-corrected chi connectivity index (χ4v) is 3.31. The zero-order chi connectivity index (χ0) is 16.5. The molecule has 1 aliphatic rings. The highest BCUT2D eigenvalue weighted by Gasteiger charge is 2.25. The number of halogens is 2. The van der Waals surface area contributed by atoms with E-state index in [2.05, 4.69) is 39.0 Å². The highest BCUT2D eigenvalue weighted by atomic mass is 19.3. The molecular weight excluding hydrogens is 310 g/mol. The maximum atomic E-state index is 12.3. The molecule has 0 saturated heterocycles. The van der Waals surface area contributed by atoms with Gasteiger partial charge in [0.05, 0.1) is 11.4 Å². The van der Waals surface area contributed by atoms with E-state index in [1.54, 1.807) is 12.1 Å². The number of para-hydroxylation sites is 1. The van der Waals surface area contributed by atoms with Gasteiger partial charge in [0.15, 0.2) is 6.04 Å². The second kappa shape index (κ2) is 6.09. The van der Waals surface area contributed by atoms with Crippen LogP contribution >= 0.6 is 0 Å². The minimum Gasteiger partial charge on any atom is -0.435 e. The topological polar surface area (TPSA) is 30.8 Å². The van der Waals surface area contributed by atoms with Crippen LogP contribution in [0.1, 0.15) is 22.9 Å². The first-order valence-corrected chi connectivity index (χ1v) is 7.86. The SMILES string of the molecule is FC(F)Oc1ccc(C2[NH2+]Cc3ccccc3-n3cccc32)cc1. The second-order valence-electron chi connectivity index (χ2n) is 5.80. The van der Waals surface area contributed by atoms with Crippen LogP contribution in [0.4, 0.5) is 8.78 Å². The summed E-state index contributed by atoms with van der Waals surface area (Å²) in [6.07, 6.45) is 2.06. The summed E-state index contributed by atoms with van der Waals surface area (Å²) in [5.41, 5.74) is 4.69. The van der Waals surface area contributed by atoms with Gasteiger partial charge in [0.2, 0.25) is 0 Å². The molecule has 0 saturated carbocycles. The predicted molar refractivity (Wildman–Crippen MR) is 86.3 cm³/mol. The molecule has 4 rings (SSSR count). The summed E-state index contributed by atoms with van der Waals surface area (Å²) < 4.78 is 31.2. The lowest BCUT2D eigenvalue weighted by molar-refractivity contribution is -0.702. The van der Waals surface area contributed by atoms with Gasteiger partial charge in [-0.1, -0.05) is 18.2 Å². The van der Waals surface area contributed by atoms with Crippen LogP contribution in [0.5, 0.6) is 5.75 Å². The highest BCUT2D eigenvalue weighted by Crippen LogP contribution is 2.28. The van der Waals surface area contributed by atoms with Gasteiger partial charge in [-0.25, -0.2) is 0 Å². The van der Waals surface area contributed by atoms with Gasteiger partial charge in [-0.2, -0.15) is 8.78 Å². The number of nitrogens with two attached hydrogens (primary N) is 1. The standard InChI is InChI=1S/C19H16F2N2O/c20-19(21)24-15-9-7-13(8-10-15)18-17-6-3-11-23(17)16-5-2-1-4-14(16)12-22-18/h1-11,18-19,22H,12H2/p+1. The fraction of sp³-hybridized carbons (Fsp3) is 0.158. The summed E-state index contributed by atoms with van der Waals surface area (Å²) in [6.45, 7) is -1.94. The molecule has 0 aliphatic carbocycles. The molecule has 0 radical (unpaired) electrons. The average molecular weight is 327 g/mol. The van der Waals surface area contributed by atoms with Crippen LogP contribution in [0.25, 0.3) is 5.69 Å². The Kier molecular flexibility index (Phi) is 3.78. The van der Waals surface area contributed by atoms with Gasteiger partial charge >= 0.3 is 6.61 Å². The Labute approximate surface area is 138 Å². The van der Waals surface area contributed by atoms with Crippen molar-refractivity contribution < 1.29 is 18.8 Å². The summed E-state index contributed by atoms with van der Waals surface area (Å²) in [5.74, 6) is 0.182. The average Bonchev–Trinajstić information content (AvgIpc) is 3.00. The van der Waals surface area contributed by atoms with Crippen molar-refractivity contribution in [2.75, 3.05) is 0 Å². The fourth-order valence-electron chi connectivity index (χ4n) is 3.31. The van der Waals surface area contributed by atoms with Gasteiger partial charge < -0.3 is 14.6 Å². The number of hydrogen-bond donors (Lipinski definition) is 1. The third-order valence-corrected chi connectivity index (χ3v) is 4.39. The molecular formula is C19H17F2N2O+. The molecule has 1 aliphatic heterocycles. The first kappa shape index (κ1) is 14.9. The number of quaternary nitrogens is 1. The Hall–Kier alpha value is -2.66. The van der Waals surface area contributed by atoms with Crippen molar-refractivity contribution in [3.8, 4) is 11.4 Å². The molecule has 1 unspecified atom stereocenters. The van der Waals surface area contributed by atoms with Crippen molar-refractivity contribution in [3.63, 3.8) is 0 Å². The summed E-state index contributed by atoms with van der Waals surface area (Å²) >= 11 is 0. The summed E-state index contributed by atoms with van der Waals surface area (Å²) in [4.78, 5) is 0. The Morgan fingerprint density at radius 1 is 1.00 bits per heavy atom.